The van der Waals surface area contributed by atoms with Crippen LogP contribution < -0.4 is 10.2 Å². The fourth-order valence-corrected chi connectivity index (χ4v) is 4.42. The molecule has 1 N–H and O–H groups in total. The predicted molar refractivity (Wildman–Crippen MR) is 154 cm³/mol. The highest BCUT2D eigenvalue weighted by Crippen LogP contribution is 2.38. The maximum Gasteiger partial charge on any atom is 0.304 e. The van der Waals surface area contributed by atoms with Gasteiger partial charge in [-0.1, -0.05) is 19.1 Å². The number of likely N-dealkylation sites (N-methyl/N-ethyl adjacent to an activating group) is 1. The molecule has 1 heterocycles. The van der Waals surface area contributed by atoms with E-state index in [9.17, 15) is 39.9 Å². The van der Waals surface area contributed by atoms with Crippen LogP contribution in [0, 0.1) is 31.6 Å². The van der Waals surface area contributed by atoms with Crippen molar-refractivity contribution in [2.75, 3.05) is 29.9 Å². The molecule has 15 nitrogen and oxygen atoms in total. The number of nitriles is 1. The highest BCUT2D eigenvalue weighted by Gasteiger charge is 2.35. The van der Waals surface area contributed by atoms with Gasteiger partial charge in [-0.3, -0.25) is 39.5 Å². The van der Waals surface area contributed by atoms with Gasteiger partial charge in [-0.05, 0) is 37.3 Å². The second kappa shape index (κ2) is 12.6. The third kappa shape index (κ3) is 6.17. The molecule has 3 aromatic carbocycles. The summed E-state index contributed by atoms with van der Waals surface area (Å²) in [4.78, 5) is 61.9. The van der Waals surface area contributed by atoms with Gasteiger partial charge in [-0.15, -0.1) is 10.2 Å². The van der Waals surface area contributed by atoms with E-state index in [4.69, 9.17) is 0 Å². The fraction of sp³-hybridized carbons (Fsp3) is 0.214. The van der Waals surface area contributed by atoms with Crippen molar-refractivity contribution in [3.05, 3.63) is 91.5 Å². The lowest BCUT2D eigenvalue weighted by Gasteiger charge is -2.26. The van der Waals surface area contributed by atoms with E-state index in [1.165, 1.54) is 11.0 Å². The number of anilines is 2. The summed E-state index contributed by atoms with van der Waals surface area (Å²) in [5, 5.41) is 42.9. The van der Waals surface area contributed by atoms with Crippen molar-refractivity contribution in [2.45, 2.75) is 20.3 Å². The topological polar surface area (TPSA) is 205 Å². The molecule has 0 aliphatic carbocycles. The largest absolute Gasteiger partial charge is 0.370 e. The van der Waals surface area contributed by atoms with E-state index in [1.807, 2.05) is 11.8 Å². The minimum Gasteiger partial charge on any atom is -0.370 e. The molecule has 0 aromatic heterocycles. The van der Waals surface area contributed by atoms with Gasteiger partial charge in [-0.25, -0.2) is 0 Å². The summed E-state index contributed by atoms with van der Waals surface area (Å²) in [5.74, 6) is -1.11. The molecular weight excluding hydrogens is 560 g/mol. The number of nitro benzene ring substituents is 2. The summed E-state index contributed by atoms with van der Waals surface area (Å²) in [5.41, 5.74) is -0.724. The molecule has 0 unspecified atom stereocenters. The number of azo groups is 1. The van der Waals surface area contributed by atoms with Crippen molar-refractivity contribution in [1.82, 2.24) is 4.90 Å². The second-order valence-corrected chi connectivity index (χ2v) is 9.18. The molecule has 0 fully saturated rings. The highest BCUT2D eigenvalue weighted by atomic mass is 16.6. The van der Waals surface area contributed by atoms with Crippen LogP contribution in [0.5, 0.6) is 0 Å². The Morgan fingerprint density at radius 1 is 1.00 bits per heavy atom. The summed E-state index contributed by atoms with van der Waals surface area (Å²) >= 11 is 0. The molecule has 43 heavy (non-hydrogen) atoms. The predicted octanol–water partition coefficient (Wildman–Crippen LogP) is 5.26. The van der Waals surface area contributed by atoms with E-state index < -0.39 is 32.5 Å². The molecule has 1 aliphatic heterocycles. The summed E-state index contributed by atoms with van der Waals surface area (Å²) in [6.07, 6.45) is 0.129. The SMILES string of the molecule is CCC(=O)Nc1cc(N(CC)CCN2C(=O)c3ccccc3C2=O)ccc1/N=N/c1c(C#N)cc([N+](=O)[O-])cc1[N+](=O)[O-]. The number of nitrogens with one attached hydrogen (secondary N) is 1. The van der Waals surface area contributed by atoms with E-state index in [0.717, 1.165) is 6.07 Å². The first-order valence-electron chi connectivity index (χ1n) is 13.0. The molecule has 0 saturated carbocycles. The summed E-state index contributed by atoms with van der Waals surface area (Å²) < 4.78 is 0. The average molecular weight is 585 g/mol. The normalized spacial score (nSPS) is 12.3. The lowest BCUT2D eigenvalue weighted by atomic mass is 10.1. The van der Waals surface area contributed by atoms with Gasteiger partial charge in [0.2, 0.25) is 5.91 Å². The van der Waals surface area contributed by atoms with Crippen molar-refractivity contribution in [2.24, 2.45) is 10.2 Å². The van der Waals surface area contributed by atoms with Crippen LogP contribution in [0.25, 0.3) is 0 Å². The average Bonchev–Trinajstić information content (AvgIpc) is 3.25. The van der Waals surface area contributed by atoms with Crippen LogP contribution in [0.1, 0.15) is 46.5 Å². The van der Waals surface area contributed by atoms with Crippen LogP contribution in [-0.2, 0) is 4.79 Å². The number of carbonyl (C=O) groups excluding carboxylic acids is 3. The van der Waals surface area contributed by atoms with Crippen molar-refractivity contribution < 1.29 is 24.2 Å². The molecule has 15 heteroatoms. The van der Waals surface area contributed by atoms with Crippen LogP contribution >= 0.6 is 0 Å². The number of carbonyl (C=O) groups is 3. The number of non-ortho nitro benzene ring substituents is 1. The maximum absolute atomic E-state index is 12.8. The van der Waals surface area contributed by atoms with Crippen LogP contribution in [-0.4, -0.2) is 52.1 Å². The van der Waals surface area contributed by atoms with Gasteiger partial charge in [0.05, 0.1) is 38.3 Å². The minimum absolute atomic E-state index is 0.0958. The van der Waals surface area contributed by atoms with E-state index in [-0.39, 0.29) is 48.6 Å². The molecule has 1 aliphatic rings. The van der Waals surface area contributed by atoms with Gasteiger partial charge < -0.3 is 10.2 Å². The zero-order valence-electron chi connectivity index (χ0n) is 23.0. The summed E-state index contributed by atoms with van der Waals surface area (Å²) in [7, 11) is 0. The molecule has 0 radical (unpaired) electrons. The third-order valence-corrected chi connectivity index (χ3v) is 6.65. The van der Waals surface area contributed by atoms with Crippen LogP contribution in [0.4, 0.5) is 34.1 Å². The molecule has 218 valence electrons. The van der Waals surface area contributed by atoms with E-state index in [0.29, 0.717) is 29.4 Å². The van der Waals surface area contributed by atoms with Gasteiger partial charge in [-0.2, -0.15) is 5.26 Å². The molecule has 4 rings (SSSR count). The van der Waals surface area contributed by atoms with Crippen LogP contribution in [0.15, 0.2) is 64.8 Å². The Kier molecular flexibility index (Phi) is 8.80. The van der Waals surface area contributed by atoms with Gasteiger partial charge in [0, 0.05) is 37.8 Å². The first-order valence-corrected chi connectivity index (χ1v) is 13.0. The fourth-order valence-electron chi connectivity index (χ4n) is 4.42. The molecule has 0 saturated heterocycles. The van der Waals surface area contributed by atoms with Crippen molar-refractivity contribution >= 4 is 51.8 Å². The van der Waals surface area contributed by atoms with Gasteiger partial charge in [0.1, 0.15) is 11.8 Å². The Morgan fingerprint density at radius 3 is 2.23 bits per heavy atom. The van der Waals surface area contributed by atoms with Crippen LogP contribution in [0.2, 0.25) is 0 Å². The van der Waals surface area contributed by atoms with Gasteiger partial charge in [0.25, 0.3) is 17.5 Å². The Hall–Kier alpha value is -6.04. The molecule has 3 amide bonds. The van der Waals surface area contributed by atoms with E-state index >= 15 is 0 Å². The Balaban J connectivity index is 1.65. The van der Waals surface area contributed by atoms with Crippen LogP contribution in [0.3, 0.4) is 0 Å². The number of benzene rings is 3. The molecule has 0 bridgehead atoms. The highest BCUT2D eigenvalue weighted by molar-refractivity contribution is 6.21. The number of imide groups is 1. The molecular formula is C28H24N8O7. The lowest BCUT2D eigenvalue weighted by molar-refractivity contribution is -0.393. The number of hydrogen-bond acceptors (Lipinski definition) is 11. The number of nitro groups is 2. The number of nitrogens with zero attached hydrogens (tertiary/aromatic N) is 7. The maximum atomic E-state index is 12.8. The van der Waals surface area contributed by atoms with E-state index in [2.05, 4.69) is 15.5 Å². The second-order valence-electron chi connectivity index (χ2n) is 9.18. The van der Waals surface area contributed by atoms with Gasteiger partial charge >= 0.3 is 5.69 Å². The van der Waals surface area contributed by atoms with Gasteiger partial charge in [0.15, 0.2) is 5.69 Å². The Labute approximate surface area is 244 Å². The summed E-state index contributed by atoms with van der Waals surface area (Å²) in [6, 6.07) is 14.6. The quantitative estimate of drug-likeness (QED) is 0.135. The molecule has 0 atom stereocenters. The Morgan fingerprint density at radius 2 is 1.67 bits per heavy atom. The van der Waals surface area contributed by atoms with E-state index in [1.54, 1.807) is 49.4 Å². The number of hydrogen-bond donors (Lipinski definition) is 1. The lowest BCUT2D eigenvalue weighted by Crippen LogP contribution is -2.38. The van der Waals surface area contributed by atoms with Crippen molar-refractivity contribution in [1.29, 1.82) is 5.26 Å². The Bertz CT molecular complexity index is 1700. The number of fused-ring (bicyclic) bond motifs is 1. The van der Waals surface area contributed by atoms with Crippen molar-refractivity contribution in [3.8, 4) is 6.07 Å². The zero-order chi connectivity index (χ0) is 31.3. The first kappa shape index (κ1) is 29.9. The smallest absolute Gasteiger partial charge is 0.304 e. The first-order chi connectivity index (χ1) is 20.6. The third-order valence-electron chi connectivity index (χ3n) is 6.65. The van der Waals surface area contributed by atoms with Crippen molar-refractivity contribution in [3.63, 3.8) is 0 Å². The monoisotopic (exact) mass is 584 g/mol. The number of amides is 3. The summed E-state index contributed by atoms with van der Waals surface area (Å²) in [6.45, 7) is 4.38. The zero-order valence-corrected chi connectivity index (χ0v) is 23.0. The molecule has 0 spiro atoms. The molecule has 3 aromatic rings. The minimum atomic E-state index is -0.904. The number of rotatable bonds is 11. The standard InChI is InChI=1S/C28H24N8O7/c1-3-25(37)30-23-14-18(33(4-2)11-12-34-27(38)20-7-5-6-8-21(20)28(34)39)9-10-22(23)31-32-26-17(16-29)13-19(35(40)41)15-24(26)36(42)43/h5-10,13-15H,3-4,11-12H2,1-2H3,(H,30,37)/b32-31+.